The molecule has 0 spiro atoms. The molecular weight excluding hydrogens is 663 g/mol. The van der Waals surface area contributed by atoms with E-state index in [0.717, 1.165) is 89.4 Å². The zero-order valence-electron chi connectivity index (χ0n) is 30.1. The summed E-state index contributed by atoms with van der Waals surface area (Å²) in [4.78, 5) is 21.3. The Morgan fingerprint density at radius 3 is 0.963 bits per heavy atom. The maximum Gasteiger partial charge on any atom is 0.0737 e. The van der Waals surface area contributed by atoms with Crippen LogP contribution in [0.15, 0.2) is 126 Å². The number of nitrogens with one attached hydrogen (secondary N) is 2. The number of aromatic nitrogens is 4. The van der Waals surface area contributed by atoms with Gasteiger partial charge >= 0.3 is 0 Å². The Balaban J connectivity index is 1.45. The number of rotatable bonds is 5. The van der Waals surface area contributed by atoms with Crippen molar-refractivity contribution in [3.05, 3.63) is 171 Å². The Morgan fingerprint density at radius 1 is 0.407 bits per heavy atom. The minimum absolute atomic E-state index is 0.547. The molecule has 0 saturated heterocycles. The molecule has 0 aliphatic carbocycles. The van der Waals surface area contributed by atoms with Crippen molar-refractivity contribution in [3.63, 3.8) is 0 Å². The SMILES string of the molecule is Cc1ccc(-c2c3nc(c(-c4ccc(C)cc4)c4ccc([nH]4)c(-c4ccc(N=[N+]=[N-])cc4)c4nc(c(-c5ccc(C)cc5)c5ccc2[nH]5)C=C4)C=C3)cc1. The molecular formula is C47H35N7. The second kappa shape index (κ2) is 13.4. The molecule has 3 aromatic heterocycles. The lowest BCUT2D eigenvalue weighted by Crippen LogP contribution is -1.90. The molecule has 2 N–H and O–H groups in total. The Labute approximate surface area is 312 Å². The van der Waals surface area contributed by atoms with Crippen LogP contribution in [0.3, 0.4) is 0 Å². The van der Waals surface area contributed by atoms with Gasteiger partial charge in [-0.15, -0.1) is 0 Å². The first-order chi connectivity index (χ1) is 26.4. The number of hydrogen-bond donors (Lipinski definition) is 2. The van der Waals surface area contributed by atoms with E-state index in [1.165, 1.54) is 16.7 Å². The summed E-state index contributed by atoms with van der Waals surface area (Å²) in [5, 5.41) is 3.81. The molecule has 258 valence electrons. The molecule has 2 aliphatic heterocycles. The summed E-state index contributed by atoms with van der Waals surface area (Å²) in [6.07, 6.45) is 8.43. The van der Waals surface area contributed by atoms with E-state index in [-0.39, 0.29) is 0 Å². The van der Waals surface area contributed by atoms with Gasteiger partial charge in [0.1, 0.15) is 0 Å². The van der Waals surface area contributed by atoms with Crippen molar-refractivity contribution in [1.82, 2.24) is 19.9 Å². The first kappa shape index (κ1) is 32.7. The lowest BCUT2D eigenvalue weighted by Gasteiger charge is -2.07. The third-order valence-corrected chi connectivity index (χ3v) is 10.1. The minimum atomic E-state index is 0.547. The molecule has 0 unspecified atom stereocenters. The lowest BCUT2D eigenvalue weighted by molar-refractivity contribution is 1.31. The van der Waals surface area contributed by atoms with Crippen LogP contribution in [-0.2, 0) is 0 Å². The summed E-state index contributed by atoms with van der Waals surface area (Å²) in [7, 11) is 0. The number of aromatic amines is 2. The molecule has 7 heteroatoms. The Kier molecular flexibility index (Phi) is 8.11. The van der Waals surface area contributed by atoms with Gasteiger partial charge in [0.05, 0.1) is 22.8 Å². The Hall–Kier alpha value is -7.21. The van der Waals surface area contributed by atoms with Crippen molar-refractivity contribution in [1.29, 1.82) is 0 Å². The molecule has 54 heavy (non-hydrogen) atoms. The van der Waals surface area contributed by atoms with Crippen molar-refractivity contribution >= 4 is 52.1 Å². The molecule has 0 saturated carbocycles. The predicted octanol–water partition coefficient (Wildman–Crippen LogP) is 13.2. The predicted molar refractivity (Wildman–Crippen MR) is 224 cm³/mol. The summed E-state index contributed by atoms with van der Waals surface area (Å²) in [6.45, 7) is 6.31. The zero-order valence-corrected chi connectivity index (χ0v) is 30.1. The number of H-pyrrole nitrogens is 2. The molecule has 0 radical (unpaired) electrons. The molecule has 8 bridgehead atoms. The van der Waals surface area contributed by atoms with Crippen molar-refractivity contribution in [2.45, 2.75) is 20.8 Å². The van der Waals surface area contributed by atoms with Crippen LogP contribution in [0, 0.1) is 20.8 Å². The number of hydrogen-bond acceptors (Lipinski definition) is 3. The fraction of sp³-hybridized carbons (Fsp3) is 0.0638. The molecule has 9 rings (SSSR count). The van der Waals surface area contributed by atoms with Gasteiger partial charge in [-0.3, -0.25) is 0 Å². The van der Waals surface area contributed by atoms with Gasteiger partial charge in [0, 0.05) is 54.9 Å². The van der Waals surface area contributed by atoms with Gasteiger partial charge in [0.2, 0.25) is 0 Å². The second-order valence-corrected chi connectivity index (χ2v) is 13.8. The molecule has 5 heterocycles. The van der Waals surface area contributed by atoms with Gasteiger partial charge < -0.3 is 9.97 Å². The van der Waals surface area contributed by atoms with E-state index in [9.17, 15) is 0 Å². The standard InChI is InChI=1S/C47H35N7/c1-28-4-10-31(11-5-28)44-36-20-22-38(49-36)45(32-12-6-29(2)7-13-32)40-24-26-42(51-40)47(34-16-18-35(19-17-34)53-54-48)43-27-25-41(52-43)46(39-23-21-37(44)50-39)33-14-8-30(3)9-15-33/h4-27,49,52H,1-3H3. The highest BCUT2D eigenvalue weighted by Crippen LogP contribution is 2.38. The lowest BCUT2D eigenvalue weighted by atomic mass is 10.0. The molecule has 7 nitrogen and oxygen atoms in total. The number of fused-ring (bicyclic) bond motifs is 8. The largest absolute Gasteiger partial charge is 0.354 e. The van der Waals surface area contributed by atoms with E-state index < -0.39 is 0 Å². The van der Waals surface area contributed by atoms with E-state index in [2.05, 4.69) is 162 Å². The summed E-state index contributed by atoms with van der Waals surface area (Å²) in [5.41, 5.74) is 28.4. The third-order valence-electron chi connectivity index (χ3n) is 10.1. The fourth-order valence-corrected chi connectivity index (χ4v) is 7.33. The number of azide groups is 1. The van der Waals surface area contributed by atoms with Gasteiger partial charge in [-0.2, -0.15) is 0 Å². The molecule has 0 atom stereocenters. The number of aryl methyl sites for hydroxylation is 3. The van der Waals surface area contributed by atoms with E-state index in [4.69, 9.17) is 15.5 Å². The average Bonchev–Trinajstić information content (AvgIpc) is 4.02. The molecule has 4 aromatic carbocycles. The van der Waals surface area contributed by atoms with Crippen LogP contribution < -0.4 is 0 Å². The Bertz CT molecular complexity index is 2820. The molecule has 0 amide bonds. The average molecular weight is 698 g/mol. The van der Waals surface area contributed by atoms with Crippen molar-refractivity contribution in [2.24, 2.45) is 5.11 Å². The summed E-state index contributed by atoms with van der Waals surface area (Å²) < 4.78 is 0. The van der Waals surface area contributed by atoms with Gasteiger partial charge in [0.15, 0.2) is 0 Å². The number of benzene rings is 4. The van der Waals surface area contributed by atoms with Crippen LogP contribution in [-0.4, -0.2) is 19.9 Å². The quantitative estimate of drug-likeness (QED) is 0.106. The second-order valence-electron chi connectivity index (χ2n) is 13.8. The van der Waals surface area contributed by atoms with E-state index in [1.54, 1.807) is 0 Å². The summed E-state index contributed by atoms with van der Waals surface area (Å²) in [6, 6.07) is 42.0. The highest BCUT2D eigenvalue weighted by Gasteiger charge is 2.19. The monoisotopic (exact) mass is 697 g/mol. The summed E-state index contributed by atoms with van der Waals surface area (Å²) >= 11 is 0. The van der Waals surface area contributed by atoms with Crippen LogP contribution in [0.5, 0.6) is 0 Å². The maximum atomic E-state index is 9.07. The first-order valence-electron chi connectivity index (χ1n) is 17.9. The highest BCUT2D eigenvalue weighted by atomic mass is 15.1. The van der Waals surface area contributed by atoms with E-state index in [0.29, 0.717) is 5.69 Å². The van der Waals surface area contributed by atoms with Crippen LogP contribution in [0.1, 0.15) is 39.5 Å². The maximum absolute atomic E-state index is 9.07. The van der Waals surface area contributed by atoms with Crippen LogP contribution in [0.4, 0.5) is 5.69 Å². The van der Waals surface area contributed by atoms with Gasteiger partial charge in [-0.25, -0.2) is 9.97 Å². The smallest absolute Gasteiger partial charge is 0.0737 e. The minimum Gasteiger partial charge on any atom is -0.354 e. The molecule has 0 fully saturated rings. The fourth-order valence-electron chi connectivity index (χ4n) is 7.33. The van der Waals surface area contributed by atoms with Gasteiger partial charge in [0.25, 0.3) is 0 Å². The highest BCUT2D eigenvalue weighted by molar-refractivity contribution is 5.99. The number of nitrogens with zero attached hydrogens (tertiary/aromatic N) is 5. The van der Waals surface area contributed by atoms with Crippen molar-refractivity contribution in [2.75, 3.05) is 0 Å². The van der Waals surface area contributed by atoms with Crippen molar-refractivity contribution in [3.8, 4) is 44.5 Å². The molecule has 2 aliphatic rings. The normalized spacial score (nSPS) is 11.8. The van der Waals surface area contributed by atoms with Crippen LogP contribution >= 0.6 is 0 Å². The van der Waals surface area contributed by atoms with E-state index in [1.807, 2.05) is 24.3 Å². The van der Waals surface area contributed by atoms with E-state index >= 15 is 0 Å². The zero-order chi connectivity index (χ0) is 36.8. The summed E-state index contributed by atoms with van der Waals surface area (Å²) in [5.74, 6) is 0. The van der Waals surface area contributed by atoms with Crippen molar-refractivity contribution < 1.29 is 0 Å². The third kappa shape index (κ3) is 5.99. The topological polar surface area (TPSA) is 106 Å². The van der Waals surface area contributed by atoms with Gasteiger partial charge in [-0.1, -0.05) is 119 Å². The first-order valence-corrected chi connectivity index (χ1v) is 17.9. The van der Waals surface area contributed by atoms with Crippen LogP contribution in [0.25, 0.3) is 101 Å². The van der Waals surface area contributed by atoms with Gasteiger partial charge in [-0.05, 0) is 97.1 Å². The Morgan fingerprint density at radius 2 is 0.685 bits per heavy atom. The van der Waals surface area contributed by atoms with Crippen LogP contribution in [0.2, 0.25) is 0 Å². The molecule has 7 aromatic rings.